The first-order chi connectivity index (χ1) is 13.0. The lowest BCUT2D eigenvalue weighted by atomic mass is 10.2. The molecule has 1 fully saturated rings. The number of carbonyl (C=O) groups excluding carboxylic acids is 1. The molecule has 1 unspecified atom stereocenters. The fourth-order valence-corrected chi connectivity index (χ4v) is 4.55. The number of carbonyl (C=O) groups is 1. The third-order valence-electron chi connectivity index (χ3n) is 4.75. The number of aromatic nitrogens is 2. The molecule has 6 nitrogen and oxygen atoms in total. The summed E-state index contributed by atoms with van der Waals surface area (Å²) in [4.78, 5) is 30.2. The zero-order valence-electron chi connectivity index (χ0n) is 15.5. The minimum absolute atomic E-state index is 0.00431. The summed E-state index contributed by atoms with van der Waals surface area (Å²) in [6.45, 7) is 2.65. The van der Waals surface area contributed by atoms with Crippen molar-refractivity contribution in [2.45, 2.75) is 55.6 Å². The second kappa shape index (κ2) is 9.21. The summed E-state index contributed by atoms with van der Waals surface area (Å²) in [5, 5.41) is 3.87. The summed E-state index contributed by atoms with van der Waals surface area (Å²) in [5.41, 5.74) is 0.506. The molecule has 0 radical (unpaired) electrons. The number of nitrogens with zero attached hydrogens (tertiary/aromatic N) is 2. The number of hydrogen-bond donors (Lipinski definition) is 1. The van der Waals surface area contributed by atoms with Gasteiger partial charge in [0.05, 0.1) is 29.3 Å². The molecule has 1 aromatic carbocycles. The SMILES string of the molecule is COCCn1c(SC(C)C(=O)NC2CCCC2)nc2ccc(Br)cc2c1=O. The van der Waals surface area contributed by atoms with Crippen LogP contribution in [0.1, 0.15) is 32.6 Å². The number of amides is 1. The van der Waals surface area contributed by atoms with Crippen molar-refractivity contribution in [3.8, 4) is 0 Å². The Bertz CT molecular complexity index is 880. The fraction of sp³-hybridized carbons (Fsp3) is 0.526. The number of nitrogens with one attached hydrogen (secondary N) is 1. The summed E-state index contributed by atoms with van der Waals surface area (Å²) in [6, 6.07) is 5.73. The molecule has 8 heteroatoms. The van der Waals surface area contributed by atoms with Crippen LogP contribution in [0, 0.1) is 0 Å². The predicted octanol–water partition coefficient (Wildman–Crippen LogP) is 3.34. The Hall–Kier alpha value is -1.38. The van der Waals surface area contributed by atoms with Gasteiger partial charge >= 0.3 is 0 Å². The molecule has 1 aromatic heterocycles. The van der Waals surface area contributed by atoms with E-state index < -0.39 is 0 Å². The van der Waals surface area contributed by atoms with Gasteiger partial charge in [-0.3, -0.25) is 14.2 Å². The van der Waals surface area contributed by atoms with Crippen molar-refractivity contribution in [3.05, 3.63) is 33.0 Å². The Morgan fingerprint density at radius 3 is 2.89 bits per heavy atom. The van der Waals surface area contributed by atoms with Gasteiger partial charge in [-0.15, -0.1) is 0 Å². The summed E-state index contributed by atoms with van der Waals surface area (Å²) < 4.78 is 7.58. The minimum Gasteiger partial charge on any atom is -0.383 e. The topological polar surface area (TPSA) is 73.2 Å². The molecule has 0 aliphatic heterocycles. The van der Waals surface area contributed by atoms with Crippen molar-refractivity contribution in [2.24, 2.45) is 0 Å². The minimum atomic E-state index is -0.334. The zero-order chi connectivity index (χ0) is 19.4. The van der Waals surface area contributed by atoms with Crippen LogP contribution in [0.4, 0.5) is 0 Å². The van der Waals surface area contributed by atoms with Gasteiger partial charge in [0.15, 0.2) is 5.16 Å². The molecule has 1 saturated carbocycles. The molecule has 0 bridgehead atoms. The molecular weight excluding hydrogens is 430 g/mol. The quantitative estimate of drug-likeness (QED) is 0.513. The summed E-state index contributed by atoms with van der Waals surface area (Å²) >= 11 is 4.72. The third-order valence-corrected chi connectivity index (χ3v) is 6.34. The van der Waals surface area contributed by atoms with E-state index in [1.54, 1.807) is 17.7 Å². The highest BCUT2D eigenvalue weighted by molar-refractivity contribution is 9.10. The molecule has 1 N–H and O–H groups in total. The summed E-state index contributed by atoms with van der Waals surface area (Å²) in [6.07, 6.45) is 4.44. The van der Waals surface area contributed by atoms with Gasteiger partial charge in [0.25, 0.3) is 5.56 Å². The molecule has 1 atom stereocenters. The van der Waals surface area contributed by atoms with E-state index in [1.807, 2.05) is 19.1 Å². The molecule has 1 aliphatic rings. The maximum Gasteiger partial charge on any atom is 0.262 e. The molecule has 2 aromatic rings. The lowest BCUT2D eigenvalue weighted by Crippen LogP contribution is -2.38. The highest BCUT2D eigenvalue weighted by Gasteiger charge is 2.23. The molecule has 3 rings (SSSR count). The zero-order valence-corrected chi connectivity index (χ0v) is 17.9. The van der Waals surface area contributed by atoms with E-state index in [0.29, 0.717) is 29.2 Å². The second-order valence-electron chi connectivity index (χ2n) is 6.76. The van der Waals surface area contributed by atoms with Crippen molar-refractivity contribution in [2.75, 3.05) is 13.7 Å². The number of halogens is 1. The number of hydrogen-bond acceptors (Lipinski definition) is 5. The van der Waals surface area contributed by atoms with E-state index in [1.165, 1.54) is 24.6 Å². The van der Waals surface area contributed by atoms with Crippen LogP contribution in [0.25, 0.3) is 10.9 Å². The number of thioether (sulfide) groups is 1. The molecule has 146 valence electrons. The highest BCUT2D eigenvalue weighted by atomic mass is 79.9. The van der Waals surface area contributed by atoms with Crippen LogP contribution in [0.2, 0.25) is 0 Å². The molecule has 1 heterocycles. The Balaban J connectivity index is 1.87. The van der Waals surface area contributed by atoms with Gasteiger partial charge in [0.1, 0.15) is 0 Å². The summed E-state index contributed by atoms with van der Waals surface area (Å²) in [7, 11) is 1.60. The average Bonchev–Trinajstić information content (AvgIpc) is 3.15. The van der Waals surface area contributed by atoms with Crippen LogP contribution >= 0.6 is 27.7 Å². The average molecular weight is 454 g/mol. The largest absolute Gasteiger partial charge is 0.383 e. The maximum atomic E-state index is 13.0. The van der Waals surface area contributed by atoms with E-state index >= 15 is 0 Å². The van der Waals surface area contributed by atoms with Crippen molar-refractivity contribution in [1.29, 1.82) is 0 Å². The van der Waals surface area contributed by atoms with Gasteiger partial charge in [0.2, 0.25) is 5.91 Å². The first kappa shape index (κ1) is 20.4. The van der Waals surface area contributed by atoms with Gasteiger partial charge in [-0.05, 0) is 38.0 Å². The Labute approximate surface area is 171 Å². The van der Waals surface area contributed by atoms with E-state index in [-0.39, 0.29) is 22.8 Å². The van der Waals surface area contributed by atoms with Crippen molar-refractivity contribution in [3.63, 3.8) is 0 Å². The van der Waals surface area contributed by atoms with Crippen LogP contribution in [0.3, 0.4) is 0 Å². The van der Waals surface area contributed by atoms with E-state index in [0.717, 1.165) is 17.3 Å². The summed E-state index contributed by atoms with van der Waals surface area (Å²) in [5.74, 6) is -0.00431. The second-order valence-corrected chi connectivity index (χ2v) is 8.98. The van der Waals surface area contributed by atoms with Gasteiger partial charge in [-0.2, -0.15) is 0 Å². The normalized spacial score (nSPS) is 16.0. The third kappa shape index (κ3) is 4.92. The monoisotopic (exact) mass is 453 g/mol. The predicted molar refractivity (Wildman–Crippen MR) is 111 cm³/mol. The van der Waals surface area contributed by atoms with Crippen molar-refractivity contribution >= 4 is 44.5 Å². The molecule has 0 spiro atoms. The van der Waals surface area contributed by atoms with E-state index in [4.69, 9.17) is 4.74 Å². The number of rotatable bonds is 7. The lowest BCUT2D eigenvalue weighted by molar-refractivity contribution is -0.120. The number of benzene rings is 1. The Morgan fingerprint density at radius 2 is 2.19 bits per heavy atom. The smallest absolute Gasteiger partial charge is 0.262 e. The molecule has 1 amide bonds. The number of ether oxygens (including phenoxy) is 1. The molecule has 1 aliphatic carbocycles. The molecule has 27 heavy (non-hydrogen) atoms. The van der Waals surface area contributed by atoms with Gasteiger partial charge in [-0.1, -0.05) is 40.5 Å². The van der Waals surface area contributed by atoms with Gasteiger partial charge < -0.3 is 10.1 Å². The first-order valence-electron chi connectivity index (χ1n) is 9.15. The molecule has 0 saturated heterocycles. The number of fused-ring (bicyclic) bond motifs is 1. The maximum absolute atomic E-state index is 13.0. The van der Waals surface area contributed by atoms with Crippen LogP contribution in [-0.4, -0.2) is 40.5 Å². The van der Waals surface area contributed by atoms with Crippen LogP contribution in [0.5, 0.6) is 0 Å². The lowest BCUT2D eigenvalue weighted by Gasteiger charge is -2.18. The van der Waals surface area contributed by atoms with Gasteiger partial charge in [0, 0.05) is 17.6 Å². The highest BCUT2D eigenvalue weighted by Crippen LogP contribution is 2.25. The standard InChI is InChI=1S/C19H24BrN3O3S/c1-12(17(24)21-14-5-3-4-6-14)27-19-22-16-8-7-13(20)11-15(16)18(25)23(19)9-10-26-2/h7-8,11-12,14H,3-6,9-10H2,1-2H3,(H,21,24). The van der Waals surface area contributed by atoms with E-state index in [2.05, 4.69) is 26.2 Å². The van der Waals surface area contributed by atoms with Gasteiger partial charge in [-0.25, -0.2) is 4.98 Å². The Kier molecular flexibility index (Phi) is 6.94. The van der Waals surface area contributed by atoms with Crippen molar-refractivity contribution in [1.82, 2.24) is 14.9 Å². The van der Waals surface area contributed by atoms with Crippen molar-refractivity contribution < 1.29 is 9.53 Å². The van der Waals surface area contributed by atoms with Crippen LogP contribution < -0.4 is 10.9 Å². The first-order valence-corrected chi connectivity index (χ1v) is 10.8. The fourth-order valence-electron chi connectivity index (χ4n) is 3.24. The van der Waals surface area contributed by atoms with Crippen LogP contribution in [0.15, 0.2) is 32.6 Å². The Morgan fingerprint density at radius 1 is 1.44 bits per heavy atom. The van der Waals surface area contributed by atoms with E-state index in [9.17, 15) is 9.59 Å². The van der Waals surface area contributed by atoms with Crippen LogP contribution in [-0.2, 0) is 16.1 Å². The number of methoxy groups -OCH3 is 1. The molecular formula is C19H24BrN3O3S.